The molecule has 0 saturated heterocycles. The van der Waals surface area contributed by atoms with Crippen LogP contribution in [0.15, 0.2) is 18.2 Å². The normalized spacial score (nSPS) is 10.5. The lowest BCUT2D eigenvalue weighted by Gasteiger charge is -2.08. The van der Waals surface area contributed by atoms with E-state index in [1.165, 1.54) is 31.7 Å². The number of benzene rings is 1. The van der Waals surface area contributed by atoms with Crippen molar-refractivity contribution in [2.24, 2.45) is 0 Å². The lowest BCUT2D eigenvalue weighted by molar-refractivity contribution is -0.385. The number of nitrogens with zero attached hydrogens (tertiary/aromatic N) is 1. The lowest BCUT2D eigenvalue weighted by atomic mass is 10.1. The molecule has 1 aromatic rings. The van der Waals surface area contributed by atoms with E-state index in [4.69, 9.17) is 4.74 Å². The third kappa shape index (κ3) is 5.90. The summed E-state index contributed by atoms with van der Waals surface area (Å²) >= 11 is 3.34. The number of nitro benzene ring substituents is 1. The quantitative estimate of drug-likeness (QED) is 0.253. The van der Waals surface area contributed by atoms with Gasteiger partial charge < -0.3 is 4.74 Å². The van der Waals surface area contributed by atoms with Gasteiger partial charge >= 0.3 is 5.69 Å². The molecule has 0 N–H and O–H groups in total. The van der Waals surface area contributed by atoms with Gasteiger partial charge in [0, 0.05) is 11.4 Å². The number of hydrogen-bond acceptors (Lipinski definition) is 3. The molecular formula is C15H22BrNO3. The summed E-state index contributed by atoms with van der Waals surface area (Å²) in [6.45, 7) is 2.73. The van der Waals surface area contributed by atoms with Crippen LogP contribution >= 0.6 is 15.9 Å². The Bertz CT molecular complexity index is 424. The smallest absolute Gasteiger partial charge is 0.310 e. The largest absolute Gasteiger partial charge is 0.487 e. The molecule has 5 heteroatoms. The van der Waals surface area contributed by atoms with Crippen molar-refractivity contribution in [2.45, 2.75) is 50.8 Å². The van der Waals surface area contributed by atoms with Gasteiger partial charge in [-0.05, 0) is 18.1 Å². The van der Waals surface area contributed by atoms with E-state index in [1.807, 2.05) is 0 Å². The molecule has 0 fully saturated rings. The molecule has 20 heavy (non-hydrogen) atoms. The first-order chi connectivity index (χ1) is 9.69. The third-order valence-corrected chi connectivity index (χ3v) is 3.78. The highest BCUT2D eigenvalue weighted by molar-refractivity contribution is 9.08. The Balaban J connectivity index is 2.43. The monoisotopic (exact) mass is 343 g/mol. The maximum absolute atomic E-state index is 10.9. The fourth-order valence-corrected chi connectivity index (χ4v) is 2.32. The van der Waals surface area contributed by atoms with E-state index >= 15 is 0 Å². The second-order valence-corrected chi connectivity index (χ2v) is 5.37. The SMILES string of the molecule is CCCCCCCCOc1cc(CBr)ccc1[N+](=O)[O-]. The van der Waals surface area contributed by atoms with Crippen molar-refractivity contribution in [3.05, 3.63) is 33.9 Å². The summed E-state index contributed by atoms with van der Waals surface area (Å²) in [5.41, 5.74) is 1.02. The summed E-state index contributed by atoms with van der Waals surface area (Å²) in [4.78, 5) is 10.5. The van der Waals surface area contributed by atoms with E-state index in [0.717, 1.165) is 18.4 Å². The van der Waals surface area contributed by atoms with E-state index in [9.17, 15) is 10.1 Å². The summed E-state index contributed by atoms with van der Waals surface area (Å²) in [6.07, 6.45) is 7.05. The Hall–Kier alpha value is -1.10. The Morgan fingerprint density at radius 2 is 1.90 bits per heavy atom. The van der Waals surface area contributed by atoms with Crippen LogP contribution in [0, 0.1) is 10.1 Å². The second-order valence-electron chi connectivity index (χ2n) is 4.81. The van der Waals surface area contributed by atoms with Crippen LogP contribution in [-0.2, 0) is 5.33 Å². The zero-order valence-electron chi connectivity index (χ0n) is 11.9. The van der Waals surface area contributed by atoms with Crippen LogP contribution in [-0.4, -0.2) is 11.5 Å². The van der Waals surface area contributed by atoms with Gasteiger partial charge in [0.1, 0.15) is 0 Å². The summed E-state index contributed by atoms with van der Waals surface area (Å²) in [5.74, 6) is 0.375. The van der Waals surface area contributed by atoms with Gasteiger partial charge in [-0.15, -0.1) is 0 Å². The molecule has 0 aliphatic heterocycles. The van der Waals surface area contributed by atoms with Crippen LogP contribution in [0.3, 0.4) is 0 Å². The minimum absolute atomic E-state index is 0.0423. The van der Waals surface area contributed by atoms with Gasteiger partial charge in [0.05, 0.1) is 11.5 Å². The van der Waals surface area contributed by atoms with E-state index in [2.05, 4.69) is 22.9 Å². The Labute approximate surface area is 128 Å². The van der Waals surface area contributed by atoms with E-state index in [-0.39, 0.29) is 5.69 Å². The number of rotatable bonds is 10. The molecule has 0 radical (unpaired) electrons. The molecule has 0 aliphatic carbocycles. The molecule has 0 heterocycles. The number of alkyl halides is 1. The molecular weight excluding hydrogens is 322 g/mol. The Morgan fingerprint density at radius 1 is 1.20 bits per heavy atom. The van der Waals surface area contributed by atoms with Crippen LogP contribution in [0.2, 0.25) is 0 Å². The molecule has 0 bridgehead atoms. The molecule has 4 nitrogen and oxygen atoms in total. The molecule has 1 rings (SSSR count). The van der Waals surface area contributed by atoms with Gasteiger partial charge in [0.15, 0.2) is 5.75 Å². The van der Waals surface area contributed by atoms with Crippen LogP contribution in [0.5, 0.6) is 5.75 Å². The zero-order valence-corrected chi connectivity index (χ0v) is 13.5. The van der Waals surface area contributed by atoms with Crippen molar-refractivity contribution in [2.75, 3.05) is 6.61 Å². The van der Waals surface area contributed by atoms with Gasteiger partial charge in [-0.25, -0.2) is 0 Å². The predicted octanol–water partition coefficient (Wildman–Crippen LogP) is 5.23. The number of unbranched alkanes of at least 4 members (excludes halogenated alkanes) is 5. The molecule has 0 atom stereocenters. The first-order valence-corrected chi connectivity index (χ1v) is 8.27. The van der Waals surface area contributed by atoms with Gasteiger partial charge in [-0.1, -0.05) is 61.0 Å². The molecule has 0 aliphatic rings. The van der Waals surface area contributed by atoms with Crippen molar-refractivity contribution < 1.29 is 9.66 Å². The van der Waals surface area contributed by atoms with Crippen molar-refractivity contribution in [1.82, 2.24) is 0 Å². The van der Waals surface area contributed by atoms with Crippen LogP contribution in [0.25, 0.3) is 0 Å². The van der Waals surface area contributed by atoms with Gasteiger partial charge in [0.25, 0.3) is 0 Å². The fourth-order valence-electron chi connectivity index (χ4n) is 1.97. The number of hydrogen-bond donors (Lipinski definition) is 0. The van der Waals surface area contributed by atoms with Gasteiger partial charge in [-0.3, -0.25) is 10.1 Å². The Kier molecular flexibility index (Phi) is 8.26. The number of nitro groups is 1. The van der Waals surface area contributed by atoms with Crippen molar-refractivity contribution in [3.63, 3.8) is 0 Å². The highest BCUT2D eigenvalue weighted by Crippen LogP contribution is 2.29. The average molecular weight is 344 g/mol. The standard InChI is InChI=1S/C15H22BrNO3/c1-2-3-4-5-6-7-10-20-15-11-13(12-16)8-9-14(15)17(18)19/h8-9,11H,2-7,10,12H2,1H3. The van der Waals surface area contributed by atoms with Crippen molar-refractivity contribution >= 4 is 21.6 Å². The molecule has 1 aromatic carbocycles. The fraction of sp³-hybridized carbons (Fsp3) is 0.600. The third-order valence-electron chi connectivity index (χ3n) is 3.13. The minimum atomic E-state index is -0.394. The molecule has 0 spiro atoms. The molecule has 0 amide bonds. The molecule has 112 valence electrons. The molecule has 0 unspecified atom stereocenters. The van der Waals surface area contributed by atoms with Crippen LogP contribution in [0.4, 0.5) is 5.69 Å². The second kappa shape index (κ2) is 9.75. The predicted molar refractivity (Wildman–Crippen MR) is 84.6 cm³/mol. The van der Waals surface area contributed by atoms with Gasteiger partial charge in [0.2, 0.25) is 0 Å². The Morgan fingerprint density at radius 3 is 2.55 bits per heavy atom. The maximum atomic E-state index is 10.9. The lowest BCUT2D eigenvalue weighted by Crippen LogP contribution is -2.01. The number of halogens is 1. The maximum Gasteiger partial charge on any atom is 0.310 e. The summed E-state index contributed by atoms with van der Waals surface area (Å²) < 4.78 is 5.58. The van der Waals surface area contributed by atoms with Crippen molar-refractivity contribution in [1.29, 1.82) is 0 Å². The first-order valence-electron chi connectivity index (χ1n) is 7.15. The van der Waals surface area contributed by atoms with Crippen molar-refractivity contribution in [3.8, 4) is 5.75 Å². The minimum Gasteiger partial charge on any atom is -0.487 e. The molecule has 0 saturated carbocycles. The van der Waals surface area contributed by atoms with E-state index < -0.39 is 4.92 Å². The van der Waals surface area contributed by atoms with E-state index in [1.54, 1.807) is 12.1 Å². The van der Waals surface area contributed by atoms with E-state index in [0.29, 0.717) is 17.7 Å². The molecule has 0 aromatic heterocycles. The number of ether oxygens (including phenoxy) is 1. The van der Waals surface area contributed by atoms with Crippen LogP contribution in [0.1, 0.15) is 51.0 Å². The summed E-state index contributed by atoms with van der Waals surface area (Å²) in [6, 6.07) is 4.99. The topological polar surface area (TPSA) is 52.4 Å². The highest BCUT2D eigenvalue weighted by Gasteiger charge is 2.15. The average Bonchev–Trinajstić information content (AvgIpc) is 2.45. The van der Waals surface area contributed by atoms with Crippen LogP contribution < -0.4 is 4.74 Å². The highest BCUT2D eigenvalue weighted by atomic mass is 79.9. The summed E-state index contributed by atoms with van der Waals surface area (Å²) in [5, 5.41) is 11.6. The zero-order chi connectivity index (χ0) is 14.8. The summed E-state index contributed by atoms with van der Waals surface area (Å²) in [7, 11) is 0. The first kappa shape index (κ1) is 17.0. The van der Waals surface area contributed by atoms with Gasteiger partial charge in [-0.2, -0.15) is 0 Å².